The van der Waals surface area contributed by atoms with Gasteiger partial charge in [-0.05, 0) is 19.1 Å². The van der Waals surface area contributed by atoms with E-state index < -0.39 is 0 Å². The van der Waals surface area contributed by atoms with Crippen molar-refractivity contribution in [3.63, 3.8) is 0 Å². The van der Waals surface area contributed by atoms with Crippen LogP contribution in [0.25, 0.3) is 0 Å². The van der Waals surface area contributed by atoms with E-state index in [9.17, 15) is 4.79 Å². The van der Waals surface area contributed by atoms with Gasteiger partial charge in [0, 0.05) is 25.4 Å². The zero-order chi connectivity index (χ0) is 13.1. The van der Waals surface area contributed by atoms with Crippen LogP contribution in [0.5, 0.6) is 0 Å². The molecular formula is C11H18N4OS2. The topological polar surface area (TPSA) is 71.2 Å². The molecular weight excluding hydrogens is 268 g/mol. The minimum atomic E-state index is -0.0124. The Morgan fingerprint density at radius 3 is 3.06 bits per heavy atom. The number of aromatic nitrogens is 1. The molecule has 1 saturated heterocycles. The average molecular weight is 286 g/mol. The second-order valence-corrected chi connectivity index (χ2v) is 6.35. The van der Waals surface area contributed by atoms with Crippen LogP contribution >= 0.6 is 23.1 Å². The molecule has 1 aliphatic heterocycles. The quantitative estimate of drug-likeness (QED) is 0.882. The molecule has 0 bridgehead atoms. The molecule has 3 N–H and O–H groups in total. The molecule has 7 heteroatoms. The predicted molar refractivity (Wildman–Crippen MR) is 78.5 cm³/mol. The van der Waals surface area contributed by atoms with Crippen LogP contribution in [0.2, 0.25) is 0 Å². The van der Waals surface area contributed by atoms with Crippen LogP contribution in [0.1, 0.15) is 23.0 Å². The van der Waals surface area contributed by atoms with Crippen molar-refractivity contribution in [2.75, 3.05) is 36.1 Å². The molecule has 1 unspecified atom stereocenters. The van der Waals surface area contributed by atoms with E-state index in [1.165, 1.54) is 11.3 Å². The van der Waals surface area contributed by atoms with Crippen molar-refractivity contribution in [2.24, 2.45) is 0 Å². The lowest BCUT2D eigenvalue weighted by Crippen LogP contribution is -2.36. The Balaban J connectivity index is 2.12. The molecule has 1 aromatic rings. The Hall–Kier alpha value is -0.950. The van der Waals surface area contributed by atoms with Crippen LogP contribution in [-0.4, -0.2) is 46.9 Å². The first kappa shape index (κ1) is 13.5. The summed E-state index contributed by atoms with van der Waals surface area (Å²) in [7, 11) is 1.85. The molecule has 0 saturated carbocycles. The van der Waals surface area contributed by atoms with Crippen molar-refractivity contribution in [1.82, 2.24) is 9.88 Å². The number of nitrogens with two attached hydrogens (primary N) is 1. The van der Waals surface area contributed by atoms with E-state index in [0.717, 1.165) is 24.5 Å². The van der Waals surface area contributed by atoms with Crippen molar-refractivity contribution in [3.8, 4) is 0 Å². The van der Waals surface area contributed by atoms with Gasteiger partial charge in [0.1, 0.15) is 10.7 Å². The van der Waals surface area contributed by atoms with Gasteiger partial charge >= 0.3 is 0 Å². The first-order valence-corrected chi connectivity index (χ1v) is 7.95. The van der Waals surface area contributed by atoms with Gasteiger partial charge in [0.15, 0.2) is 5.13 Å². The summed E-state index contributed by atoms with van der Waals surface area (Å²) in [6, 6.07) is 0.326. The Morgan fingerprint density at radius 2 is 2.44 bits per heavy atom. The number of hydrogen-bond acceptors (Lipinski definition) is 6. The summed E-state index contributed by atoms with van der Waals surface area (Å²) in [6.45, 7) is 2.76. The fraction of sp³-hybridized carbons (Fsp3) is 0.636. The van der Waals surface area contributed by atoms with E-state index in [2.05, 4.69) is 10.3 Å². The molecule has 1 aliphatic rings. The highest BCUT2D eigenvalue weighted by molar-refractivity contribution is 7.99. The van der Waals surface area contributed by atoms with Gasteiger partial charge < -0.3 is 16.0 Å². The summed E-state index contributed by atoms with van der Waals surface area (Å²) < 4.78 is 0. The van der Waals surface area contributed by atoms with E-state index in [1.807, 2.05) is 25.7 Å². The second kappa shape index (κ2) is 5.79. The first-order chi connectivity index (χ1) is 8.63. The SMILES string of the molecule is CCNc1nc(N)c(C(=O)N(C)C2CCSC2)s1. The molecule has 100 valence electrons. The third-order valence-electron chi connectivity index (χ3n) is 2.95. The number of anilines is 2. The van der Waals surface area contributed by atoms with Gasteiger partial charge in [0.05, 0.1) is 0 Å². The number of hydrogen-bond donors (Lipinski definition) is 2. The first-order valence-electron chi connectivity index (χ1n) is 5.98. The average Bonchev–Trinajstić information content (AvgIpc) is 2.97. The lowest BCUT2D eigenvalue weighted by Gasteiger charge is -2.23. The number of thiazole rings is 1. The fourth-order valence-corrected chi connectivity index (χ4v) is 4.07. The van der Waals surface area contributed by atoms with E-state index in [-0.39, 0.29) is 5.91 Å². The minimum absolute atomic E-state index is 0.0124. The molecule has 2 heterocycles. The smallest absolute Gasteiger partial charge is 0.267 e. The highest BCUT2D eigenvalue weighted by Gasteiger charge is 2.27. The Kier molecular flexibility index (Phi) is 4.34. The molecule has 0 radical (unpaired) electrons. The summed E-state index contributed by atoms with van der Waals surface area (Å²) in [5, 5.41) is 3.80. The Morgan fingerprint density at radius 1 is 1.67 bits per heavy atom. The summed E-state index contributed by atoms with van der Waals surface area (Å²) in [4.78, 5) is 18.9. The van der Waals surface area contributed by atoms with Gasteiger partial charge in [-0.25, -0.2) is 4.98 Å². The van der Waals surface area contributed by atoms with Crippen LogP contribution in [0.4, 0.5) is 10.9 Å². The summed E-state index contributed by atoms with van der Waals surface area (Å²) in [5.41, 5.74) is 5.82. The van der Waals surface area contributed by atoms with E-state index in [1.54, 1.807) is 4.90 Å². The fourth-order valence-electron chi connectivity index (χ4n) is 1.87. The maximum absolute atomic E-state index is 12.3. The van der Waals surface area contributed by atoms with Gasteiger partial charge in [-0.2, -0.15) is 11.8 Å². The number of nitrogens with zero attached hydrogens (tertiary/aromatic N) is 2. The lowest BCUT2D eigenvalue weighted by molar-refractivity contribution is 0.0753. The summed E-state index contributed by atoms with van der Waals surface area (Å²) >= 11 is 3.23. The number of nitrogen functional groups attached to an aromatic ring is 1. The molecule has 0 spiro atoms. The van der Waals surface area contributed by atoms with Crippen molar-refractivity contribution < 1.29 is 4.79 Å². The van der Waals surface area contributed by atoms with Gasteiger partial charge in [-0.1, -0.05) is 11.3 Å². The van der Waals surface area contributed by atoms with E-state index >= 15 is 0 Å². The monoisotopic (exact) mass is 286 g/mol. The molecule has 1 fully saturated rings. The van der Waals surface area contributed by atoms with Gasteiger partial charge in [-0.3, -0.25) is 4.79 Å². The van der Waals surface area contributed by atoms with E-state index in [0.29, 0.717) is 21.9 Å². The zero-order valence-corrected chi connectivity index (χ0v) is 12.2. The zero-order valence-electron chi connectivity index (χ0n) is 10.6. The number of carbonyl (C=O) groups is 1. The van der Waals surface area contributed by atoms with E-state index in [4.69, 9.17) is 5.73 Å². The molecule has 1 amide bonds. The molecule has 1 atom stereocenters. The largest absolute Gasteiger partial charge is 0.382 e. The predicted octanol–water partition coefficient (Wildman–Crippen LogP) is 1.73. The number of carbonyl (C=O) groups excluding carboxylic acids is 1. The lowest BCUT2D eigenvalue weighted by atomic mass is 10.2. The van der Waals surface area contributed by atoms with Crippen LogP contribution in [0.15, 0.2) is 0 Å². The second-order valence-electron chi connectivity index (χ2n) is 4.20. The third-order valence-corrected chi connectivity index (χ3v) is 5.11. The molecule has 0 aliphatic carbocycles. The maximum atomic E-state index is 12.3. The van der Waals surface area contributed by atoms with Gasteiger partial charge in [0.25, 0.3) is 5.91 Å². The van der Waals surface area contributed by atoms with Crippen molar-refractivity contribution in [1.29, 1.82) is 0 Å². The number of nitrogens with one attached hydrogen (secondary N) is 1. The normalized spacial score (nSPS) is 18.9. The molecule has 2 rings (SSSR count). The number of rotatable bonds is 4. The Bertz CT molecular complexity index is 429. The molecule has 5 nitrogen and oxygen atoms in total. The van der Waals surface area contributed by atoms with Crippen LogP contribution in [0.3, 0.4) is 0 Å². The van der Waals surface area contributed by atoms with Crippen molar-refractivity contribution in [2.45, 2.75) is 19.4 Å². The third kappa shape index (κ3) is 2.72. The summed E-state index contributed by atoms with van der Waals surface area (Å²) in [5.74, 6) is 2.46. The van der Waals surface area contributed by atoms with Crippen LogP contribution in [0, 0.1) is 0 Å². The van der Waals surface area contributed by atoms with Gasteiger partial charge in [0.2, 0.25) is 0 Å². The van der Waals surface area contributed by atoms with Gasteiger partial charge in [-0.15, -0.1) is 0 Å². The van der Waals surface area contributed by atoms with Crippen LogP contribution in [-0.2, 0) is 0 Å². The van der Waals surface area contributed by atoms with Crippen LogP contribution < -0.4 is 11.1 Å². The van der Waals surface area contributed by atoms with Crippen molar-refractivity contribution >= 4 is 40.0 Å². The number of thioether (sulfide) groups is 1. The highest BCUT2D eigenvalue weighted by atomic mass is 32.2. The highest BCUT2D eigenvalue weighted by Crippen LogP contribution is 2.28. The number of amides is 1. The Labute approximate surface area is 115 Å². The maximum Gasteiger partial charge on any atom is 0.267 e. The van der Waals surface area contributed by atoms with Crippen molar-refractivity contribution in [3.05, 3.63) is 4.88 Å². The summed E-state index contributed by atoms with van der Waals surface area (Å²) in [6.07, 6.45) is 1.06. The molecule has 1 aromatic heterocycles. The molecule has 0 aromatic carbocycles. The molecule has 18 heavy (non-hydrogen) atoms. The standard InChI is InChI=1S/C11H18N4OS2/c1-3-13-11-14-9(12)8(18-11)10(16)15(2)7-4-5-17-6-7/h7H,3-6,12H2,1-2H3,(H,13,14). The minimum Gasteiger partial charge on any atom is -0.382 e.